The Morgan fingerprint density at radius 2 is 2.00 bits per heavy atom. The molecule has 0 saturated heterocycles. The normalized spacial score (nSPS) is 14.7. The molecule has 0 saturated carbocycles. The van der Waals surface area contributed by atoms with E-state index in [9.17, 15) is 4.79 Å². The van der Waals surface area contributed by atoms with Gasteiger partial charge in [0.05, 0.1) is 18.5 Å². The standard InChI is InChI=1S/C19H29N5OS/c1-5-24(11-15(25)23-19(2,3)4)10-14-21-17(20)16-12-8-6-7-9-13(12)26-18(16)22-14/h5-11H2,1-4H3,(H,23,25)(H2,20,21,22). The van der Waals surface area contributed by atoms with E-state index in [4.69, 9.17) is 10.7 Å². The summed E-state index contributed by atoms with van der Waals surface area (Å²) in [6.07, 6.45) is 4.66. The lowest BCUT2D eigenvalue weighted by Gasteiger charge is -2.24. The van der Waals surface area contributed by atoms with Crippen molar-refractivity contribution in [2.75, 3.05) is 18.8 Å². The van der Waals surface area contributed by atoms with Crippen LogP contribution in [0.1, 0.15) is 56.8 Å². The number of nitrogens with one attached hydrogen (secondary N) is 1. The third-order valence-corrected chi connectivity index (χ3v) is 5.77. The first-order chi connectivity index (χ1) is 12.3. The van der Waals surface area contributed by atoms with Gasteiger partial charge in [-0.15, -0.1) is 11.3 Å². The molecule has 0 radical (unpaired) electrons. The number of nitrogen functional groups attached to an aromatic ring is 1. The zero-order valence-electron chi connectivity index (χ0n) is 16.2. The average molecular weight is 376 g/mol. The van der Waals surface area contributed by atoms with Crippen molar-refractivity contribution in [1.29, 1.82) is 0 Å². The van der Waals surface area contributed by atoms with E-state index in [2.05, 4.69) is 10.3 Å². The number of nitrogens with zero attached hydrogens (tertiary/aromatic N) is 3. The molecule has 0 spiro atoms. The van der Waals surface area contributed by atoms with E-state index in [1.165, 1.54) is 23.3 Å². The first-order valence-electron chi connectivity index (χ1n) is 9.37. The van der Waals surface area contributed by atoms with E-state index in [-0.39, 0.29) is 11.4 Å². The second-order valence-corrected chi connectivity index (χ2v) is 9.10. The summed E-state index contributed by atoms with van der Waals surface area (Å²) >= 11 is 1.76. The third kappa shape index (κ3) is 4.32. The van der Waals surface area contributed by atoms with Gasteiger partial charge in [0.2, 0.25) is 5.91 Å². The maximum atomic E-state index is 12.2. The van der Waals surface area contributed by atoms with Crippen molar-refractivity contribution in [1.82, 2.24) is 20.2 Å². The number of anilines is 1. The molecule has 1 aliphatic carbocycles. The SMILES string of the molecule is CCN(CC(=O)NC(C)(C)C)Cc1nc(N)c2c3c(sc2n1)CCCC3. The van der Waals surface area contributed by atoms with E-state index < -0.39 is 0 Å². The molecular formula is C19H29N5OS. The highest BCUT2D eigenvalue weighted by molar-refractivity contribution is 7.19. The first kappa shape index (κ1) is 19.0. The van der Waals surface area contributed by atoms with Crippen molar-refractivity contribution < 1.29 is 4.79 Å². The Kier molecular flexibility index (Phi) is 5.48. The van der Waals surface area contributed by atoms with Gasteiger partial charge in [-0.1, -0.05) is 6.92 Å². The van der Waals surface area contributed by atoms with Crippen molar-refractivity contribution >= 4 is 33.3 Å². The summed E-state index contributed by atoms with van der Waals surface area (Å²) in [5.41, 5.74) is 7.41. The maximum Gasteiger partial charge on any atom is 0.234 e. The van der Waals surface area contributed by atoms with Crippen LogP contribution in [-0.4, -0.2) is 39.4 Å². The highest BCUT2D eigenvalue weighted by Crippen LogP contribution is 2.37. The lowest BCUT2D eigenvalue weighted by molar-refractivity contribution is -0.123. The highest BCUT2D eigenvalue weighted by Gasteiger charge is 2.21. The molecule has 7 heteroatoms. The van der Waals surface area contributed by atoms with Gasteiger partial charge in [-0.3, -0.25) is 9.69 Å². The topological polar surface area (TPSA) is 84.1 Å². The summed E-state index contributed by atoms with van der Waals surface area (Å²) < 4.78 is 0. The summed E-state index contributed by atoms with van der Waals surface area (Å²) in [4.78, 5) is 26.0. The number of amides is 1. The predicted octanol–water partition coefficient (Wildman–Crippen LogP) is 2.89. The second-order valence-electron chi connectivity index (χ2n) is 8.02. The molecule has 0 bridgehead atoms. The van der Waals surface area contributed by atoms with Gasteiger partial charge in [-0.05, 0) is 58.6 Å². The Morgan fingerprint density at radius 1 is 1.27 bits per heavy atom. The molecule has 0 aromatic carbocycles. The van der Waals surface area contributed by atoms with Crippen LogP contribution in [-0.2, 0) is 24.2 Å². The number of thiophene rings is 1. The van der Waals surface area contributed by atoms with Crippen LogP contribution >= 0.6 is 11.3 Å². The van der Waals surface area contributed by atoms with Crippen LogP contribution in [0.5, 0.6) is 0 Å². The average Bonchev–Trinajstić information content (AvgIpc) is 2.91. The van der Waals surface area contributed by atoms with Gasteiger partial charge in [-0.2, -0.15) is 0 Å². The zero-order valence-corrected chi connectivity index (χ0v) is 17.0. The summed E-state index contributed by atoms with van der Waals surface area (Å²) in [5.74, 6) is 1.29. The molecule has 3 N–H and O–H groups in total. The van der Waals surface area contributed by atoms with Crippen molar-refractivity contribution in [2.45, 2.75) is 65.5 Å². The molecule has 0 unspecified atom stereocenters. The number of hydrogen-bond donors (Lipinski definition) is 2. The van der Waals surface area contributed by atoms with Crippen molar-refractivity contribution in [2.24, 2.45) is 0 Å². The minimum Gasteiger partial charge on any atom is -0.383 e. The molecule has 3 rings (SSSR count). The number of fused-ring (bicyclic) bond motifs is 3. The van der Waals surface area contributed by atoms with Gasteiger partial charge in [0.25, 0.3) is 0 Å². The Labute approximate surface area is 159 Å². The predicted molar refractivity (Wildman–Crippen MR) is 107 cm³/mol. The van der Waals surface area contributed by atoms with Crippen molar-refractivity contribution in [3.8, 4) is 0 Å². The summed E-state index contributed by atoms with van der Waals surface area (Å²) in [6, 6.07) is 0. The Bertz CT molecular complexity index is 808. The van der Waals surface area contributed by atoms with E-state index in [0.717, 1.165) is 29.6 Å². The maximum absolute atomic E-state index is 12.2. The quantitative estimate of drug-likeness (QED) is 0.839. The van der Waals surface area contributed by atoms with Gasteiger partial charge in [-0.25, -0.2) is 9.97 Å². The van der Waals surface area contributed by atoms with Crippen LogP contribution in [0.3, 0.4) is 0 Å². The number of likely N-dealkylation sites (N-methyl/N-ethyl adjacent to an activating group) is 1. The number of carbonyl (C=O) groups excluding carboxylic acids is 1. The van der Waals surface area contributed by atoms with Crippen LogP contribution in [0.4, 0.5) is 5.82 Å². The fraction of sp³-hybridized carbons (Fsp3) is 0.632. The fourth-order valence-electron chi connectivity index (χ4n) is 3.44. The molecular weight excluding hydrogens is 346 g/mol. The summed E-state index contributed by atoms with van der Waals surface area (Å²) in [5, 5.41) is 4.06. The molecule has 2 heterocycles. The molecule has 1 aliphatic rings. The van der Waals surface area contributed by atoms with Crippen molar-refractivity contribution in [3.05, 3.63) is 16.3 Å². The molecule has 2 aromatic rings. The van der Waals surface area contributed by atoms with Gasteiger partial charge >= 0.3 is 0 Å². The largest absolute Gasteiger partial charge is 0.383 e. The minimum atomic E-state index is -0.230. The van der Waals surface area contributed by atoms with Crippen molar-refractivity contribution in [3.63, 3.8) is 0 Å². The fourth-order valence-corrected chi connectivity index (χ4v) is 4.73. The number of rotatable bonds is 5. The smallest absolute Gasteiger partial charge is 0.234 e. The summed E-state index contributed by atoms with van der Waals surface area (Å²) in [7, 11) is 0. The molecule has 26 heavy (non-hydrogen) atoms. The summed E-state index contributed by atoms with van der Waals surface area (Å²) in [6.45, 7) is 9.59. The Morgan fingerprint density at radius 3 is 2.69 bits per heavy atom. The number of aromatic nitrogens is 2. The van der Waals surface area contributed by atoms with Crippen LogP contribution in [0, 0.1) is 0 Å². The first-order valence-corrected chi connectivity index (χ1v) is 10.2. The number of hydrogen-bond acceptors (Lipinski definition) is 6. The van der Waals surface area contributed by atoms with Gasteiger partial charge in [0.1, 0.15) is 16.5 Å². The second kappa shape index (κ2) is 7.48. The molecule has 142 valence electrons. The van der Waals surface area contributed by atoms with E-state index in [1.807, 2.05) is 32.6 Å². The lowest BCUT2D eigenvalue weighted by Crippen LogP contribution is -2.45. The van der Waals surface area contributed by atoms with E-state index in [1.54, 1.807) is 11.3 Å². The molecule has 0 aliphatic heterocycles. The number of nitrogens with two attached hydrogens (primary N) is 1. The minimum absolute atomic E-state index is 0.0139. The molecule has 2 aromatic heterocycles. The molecule has 1 amide bonds. The van der Waals surface area contributed by atoms with Gasteiger partial charge in [0, 0.05) is 10.4 Å². The number of carbonyl (C=O) groups is 1. The van der Waals surface area contributed by atoms with Crippen LogP contribution in [0.15, 0.2) is 0 Å². The van der Waals surface area contributed by atoms with Crippen LogP contribution < -0.4 is 11.1 Å². The van der Waals surface area contributed by atoms with Crippen LogP contribution in [0.25, 0.3) is 10.2 Å². The van der Waals surface area contributed by atoms with Crippen LogP contribution in [0.2, 0.25) is 0 Å². The van der Waals surface area contributed by atoms with E-state index >= 15 is 0 Å². The lowest BCUT2D eigenvalue weighted by atomic mass is 9.97. The van der Waals surface area contributed by atoms with Gasteiger partial charge in [0.15, 0.2) is 0 Å². The third-order valence-electron chi connectivity index (χ3n) is 4.58. The molecule has 0 atom stereocenters. The van der Waals surface area contributed by atoms with E-state index in [0.29, 0.717) is 24.7 Å². The van der Waals surface area contributed by atoms with Gasteiger partial charge < -0.3 is 11.1 Å². The highest BCUT2D eigenvalue weighted by atomic mass is 32.1. The zero-order chi connectivity index (χ0) is 18.9. The Hall–Kier alpha value is -1.73. The molecule has 6 nitrogen and oxygen atoms in total. The monoisotopic (exact) mass is 375 g/mol. The molecule has 0 fully saturated rings. The Balaban J connectivity index is 1.78. The number of aryl methyl sites for hydroxylation is 2.